The van der Waals surface area contributed by atoms with Gasteiger partial charge in [-0.25, -0.2) is 0 Å². The van der Waals surface area contributed by atoms with Crippen LogP contribution in [0.4, 0.5) is 0 Å². The number of likely N-dealkylation sites (tertiary alicyclic amines) is 1. The van der Waals surface area contributed by atoms with Gasteiger partial charge in [0.05, 0.1) is 5.51 Å². The molecule has 0 radical (unpaired) electrons. The molecule has 1 saturated heterocycles. The Morgan fingerprint density at radius 3 is 2.90 bits per heavy atom. The Morgan fingerprint density at radius 1 is 1.43 bits per heavy atom. The molecule has 0 aliphatic carbocycles. The molecule has 1 fully saturated rings. The number of benzene rings is 1. The summed E-state index contributed by atoms with van der Waals surface area (Å²) in [6.45, 7) is 4.24. The lowest BCUT2D eigenvalue weighted by Crippen LogP contribution is -2.56. The molecule has 1 aliphatic rings. The molecule has 0 amide bonds. The van der Waals surface area contributed by atoms with E-state index in [9.17, 15) is 5.11 Å². The average Bonchev–Trinajstić information content (AvgIpc) is 2.95. The van der Waals surface area contributed by atoms with Gasteiger partial charge in [-0.15, -0.1) is 11.3 Å². The van der Waals surface area contributed by atoms with E-state index in [-0.39, 0.29) is 6.10 Å². The van der Waals surface area contributed by atoms with E-state index in [1.54, 1.807) is 11.3 Å². The minimum absolute atomic E-state index is 0.169. The van der Waals surface area contributed by atoms with Crippen LogP contribution in [-0.2, 0) is 6.54 Å². The number of rotatable bonds is 4. The summed E-state index contributed by atoms with van der Waals surface area (Å²) in [5.41, 5.74) is 0.998. The molecule has 21 heavy (non-hydrogen) atoms. The molecule has 1 aliphatic heterocycles. The molecule has 2 heterocycles. The van der Waals surface area contributed by atoms with Gasteiger partial charge >= 0.3 is 0 Å². The molecular weight excluding hydrogens is 284 g/mol. The number of piperidine rings is 1. The molecule has 0 bridgehead atoms. The maximum absolute atomic E-state index is 10.7. The number of nitrogens with zero attached hydrogens (tertiary/aromatic N) is 2. The molecule has 5 heteroatoms. The van der Waals surface area contributed by atoms with Crippen molar-refractivity contribution >= 4 is 11.3 Å². The first kappa shape index (κ1) is 14.5. The van der Waals surface area contributed by atoms with Crippen LogP contribution in [0, 0.1) is 0 Å². The number of ether oxygens (including phenoxy) is 1. The maximum atomic E-state index is 10.7. The molecule has 1 aromatic heterocycles. The quantitative estimate of drug-likeness (QED) is 0.943. The summed E-state index contributed by atoms with van der Waals surface area (Å²) in [7, 11) is 0. The second-order valence-electron chi connectivity index (χ2n) is 5.74. The minimum atomic E-state index is -0.848. The van der Waals surface area contributed by atoms with E-state index in [0.717, 1.165) is 25.3 Å². The average molecular weight is 304 g/mol. The summed E-state index contributed by atoms with van der Waals surface area (Å²) in [6, 6.07) is 9.72. The van der Waals surface area contributed by atoms with Crippen LogP contribution in [-0.4, -0.2) is 39.8 Å². The second kappa shape index (κ2) is 6.13. The highest BCUT2D eigenvalue weighted by atomic mass is 32.1. The number of aromatic nitrogens is 1. The van der Waals surface area contributed by atoms with E-state index in [2.05, 4.69) is 9.88 Å². The maximum Gasteiger partial charge on any atom is 0.129 e. The molecule has 3 rings (SSSR count). The second-order valence-corrected chi connectivity index (χ2v) is 6.71. The molecule has 0 spiro atoms. The van der Waals surface area contributed by atoms with Crippen molar-refractivity contribution in [3.05, 3.63) is 46.9 Å². The van der Waals surface area contributed by atoms with Gasteiger partial charge in [0.25, 0.3) is 0 Å². The summed E-state index contributed by atoms with van der Waals surface area (Å²) in [6.07, 6.45) is 2.55. The van der Waals surface area contributed by atoms with Crippen LogP contribution < -0.4 is 4.74 Å². The largest absolute Gasteiger partial charge is 0.487 e. The van der Waals surface area contributed by atoms with Crippen LogP contribution in [0.3, 0.4) is 0 Å². The van der Waals surface area contributed by atoms with Gasteiger partial charge in [-0.05, 0) is 25.5 Å². The van der Waals surface area contributed by atoms with Crippen molar-refractivity contribution in [2.75, 3.05) is 13.1 Å². The first-order valence-corrected chi connectivity index (χ1v) is 8.05. The third-order valence-electron chi connectivity index (χ3n) is 3.83. The van der Waals surface area contributed by atoms with Crippen LogP contribution in [0.25, 0.3) is 0 Å². The van der Waals surface area contributed by atoms with Gasteiger partial charge < -0.3 is 9.84 Å². The normalized spacial score (nSPS) is 26.7. The van der Waals surface area contributed by atoms with Crippen LogP contribution >= 0.6 is 11.3 Å². The SMILES string of the molecule is C[C@]1(O)CN(Cc2cncs2)CC[C@@H]1Oc1ccccc1. The van der Waals surface area contributed by atoms with E-state index in [0.29, 0.717) is 6.54 Å². The van der Waals surface area contributed by atoms with E-state index in [1.165, 1.54) is 4.88 Å². The van der Waals surface area contributed by atoms with Crippen molar-refractivity contribution in [2.45, 2.75) is 31.6 Å². The Labute approximate surface area is 129 Å². The summed E-state index contributed by atoms with van der Waals surface area (Å²) in [5.74, 6) is 0.818. The Kier molecular flexibility index (Phi) is 4.24. The predicted octanol–water partition coefficient (Wildman–Crippen LogP) is 2.55. The van der Waals surface area contributed by atoms with Gasteiger partial charge in [-0.2, -0.15) is 0 Å². The van der Waals surface area contributed by atoms with Gasteiger partial charge in [-0.1, -0.05) is 18.2 Å². The van der Waals surface area contributed by atoms with Crippen molar-refractivity contribution in [1.29, 1.82) is 0 Å². The Hall–Kier alpha value is -1.43. The monoisotopic (exact) mass is 304 g/mol. The molecule has 4 nitrogen and oxygen atoms in total. The van der Waals surface area contributed by atoms with Gasteiger partial charge in [0.1, 0.15) is 17.5 Å². The Balaban J connectivity index is 1.62. The molecule has 112 valence electrons. The Morgan fingerprint density at radius 2 is 2.24 bits per heavy atom. The smallest absolute Gasteiger partial charge is 0.129 e. The fourth-order valence-corrected chi connectivity index (χ4v) is 3.41. The first-order valence-electron chi connectivity index (χ1n) is 7.17. The van der Waals surface area contributed by atoms with E-state index < -0.39 is 5.60 Å². The van der Waals surface area contributed by atoms with Crippen LogP contribution in [0.5, 0.6) is 5.75 Å². The summed E-state index contributed by atoms with van der Waals surface area (Å²) >= 11 is 1.65. The summed E-state index contributed by atoms with van der Waals surface area (Å²) in [5, 5.41) is 10.7. The number of hydrogen-bond donors (Lipinski definition) is 1. The minimum Gasteiger partial charge on any atom is -0.487 e. The summed E-state index contributed by atoms with van der Waals surface area (Å²) in [4.78, 5) is 7.59. The molecule has 1 aromatic carbocycles. The zero-order valence-electron chi connectivity index (χ0n) is 12.1. The topological polar surface area (TPSA) is 45.6 Å². The molecule has 0 saturated carbocycles. The zero-order chi connectivity index (χ0) is 14.7. The lowest BCUT2D eigenvalue weighted by molar-refractivity contribution is -0.0991. The fourth-order valence-electron chi connectivity index (χ4n) is 2.77. The molecule has 2 aromatic rings. The van der Waals surface area contributed by atoms with Gasteiger partial charge in [0.15, 0.2) is 0 Å². The van der Waals surface area contributed by atoms with E-state index in [4.69, 9.17) is 4.74 Å². The van der Waals surface area contributed by atoms with Crippen molar-refractivity contribution in [3.8, 4) is 5.75 Å². The van der Waals surface area contributed by atoms with Crippen molar-refractivity contribution in [2.24, 2.45) is 0 Å². The van der Waals surface area contributed by atoms with Crippen molar-refractivity contribution in [3.63, 3.8) is 0 Å². The third kappa shape index (κ3) is 3.61. The zero-order valence-corrected chi connectivity index (χ0v) is 12.9. The van der Waals surface area contributed by atoms with Gasteiger partial charge in [0.2, 0.25) is 0 Å². The van der Waals surface area contributed by atoms with Gasteiger partial charge in [-0.3, -0.25) is 9.88 Å². The van der Waals surface area contributed by atoms with Crippen LogP contribution in [0.2, 0.25) is 0 Å². The predicted molar refractivity (Wildman–Crippen MR) is 83.5 cm³/mol. The van der Waals surface area contributed by atoms with Gasteiger partial charge in [0, 0.05) is 30.7 Å². The highest BCUT2D eigenvalue weighted by Crippen LogP contribution is 2.27. The number of para-hydroxylation sites is 1. The lowest BCUT2D eigenvalue weighted by Gasteiger charge is -2.42. The number of aliphatic hydroxyl groups is 1. The molecule has 2 atom stereocenters. The summed E-state index contributed by atoms with van der Waals surface area (Å²) < 4.78 is 5.97. The van der Waals surface area contributed by atoms with E-state index in [1.807, 2.05) is 49.0 Å². The third-order valence-corrected chi connectivity index (χ3v) is 4.59. The Bertz CT molecular complexity index is 557. The number of hydrogen-bond acceptors (Lipinski definition) is 5. The fraction of sp³-hybridized carbons (Fsp3) is 0.438. The van der Waals surface area contributed by atoms with Crippen molar-refractivity contribution < 1.29 is 9.84 Å². The standard InChI is InChI=1S/C16H20N2O2S/c1-16(19)11-18(10-14-9-17-12-21-14)8-7-15(16)20-13-5-3-2-4-6-13/h2-6,9,12,15,19H,7-8,10-11H2,1H3/t15-,16-/m0/s1. The van der Waals surface area contributed by atoms with Crippen molar-refractivity contribution in [1.82, 2.24) is 9.88 Å². The highest BCUT2D eigenvalue weighted by molar-refractivity contribution is 7.09. The number of β-amino-alcohol motifs (C(OH)–C–C–N with tert-alkyl or cyclic N) is 1. The molecular formula is C16H20N2O2S. The van der Waals surface area contributed by atoms with E-state index >= 15 is 0 Å². The van der Waals surface area contributed by atoms with Crippen LogP contribution in [0.15, 0.2) is 42.0 Å². The number of thiazole rings is 1. The van der Waals surface area contributed by atoms with Crippen LogP contribution in [0.1, 0.15) is 18.2 Å². The first-order chi connectivity index (χ1) is 10.1. The molecule has 1 N–H and O–H groups in total. The molecule has 0 unspecified atom stereocenters. The lowest BCUT2D eigenvalue weighted by atomic mass is 9.91. The highest BCUT2D eigenvalue weighted by Gasteiger charge is 2.39.